The lowest BCUT2D eigenvalue weighted by Gasteiger charge is -2.05. The summed E-state index contributed by atoms with van der Waals surface area (Å²) in [7, 11) is 0. The van der Waals surface area contributed by atoms with Crippen LogP contribution in [0.4, 0.5) is 10.1 Å². The highest BCUT2D eigenvalue weighted by Crippen LogP contribution is 2.22. The van der Waals surface area contributed by atoms with E-state index < -0.39 is 0 Å². The van der Waals surface area contributed by atoms with Crippen molar-refractivity contribution in [2.24, 2.45) is 0 Å². The highest BCUT2D eigenvalue weighted by atomic mass is 79.9. The van der Waals surface area contributed by atoms with Gasteiger partial charge in [-0.15, -0.1) is 0 Å². The smallest absolute Gasteiger partial charge is 0.124 e. The Hall–Kier alpha value is -1.61. The minimum Gasteiger partial charge on any atom is -0.381 e. The lowest BCUT2D eigenvalue weighted by Crippen LogP contribution is -1.98. The van der Waals surface area contributed by atoms with Crippen LogP contribution >= 0.6 is 15.9 Å². The van der Waals surface area contributed by atoms with E-state index in [1.165, 1.54) is 12.1 Å². The second kappa shape index (κ2) is 6.36. The van der Waals surface area contributed by atoms with Crippen LogP contribution in [0.5, 0.6) is 0 Å². The maximum absolute atomic E-state index is 12.9. The quantitative estimate of drug-likeness (QED) is 0.862. The first-order chi connectivity index (χ1) is 8.75. The Bertz CT molecular complexity index is 537. The number of benzene rings is 2. The molecule has 0 saturated carbocycles. The van der Waals surface area contributed by atoms with Gasteiger partial charge in [0, 0.05) is 16.7 Å². The third-order valence-corrected chi connectivity index (χ3v) is 3.11. The molecule has 0 aliphatic rings. The summed E-state index contributed by atoms with van der Waals surface area (Å²) in [6.45, 7) is 0.694. The van der Waals surface area contributed by atoms with Gasteiger partial charge in [0.2, 0.25) is 0 Å². The molecule has 2 aromatic carbocycles. The number of rotatable bonds is 4. The van der Waals surface area contributed by atoms with E-state index >= 15 is 0 Å². The average Bonchev–Trinajstić information content (AvgIpc) is 2.38. The molecule has 3 heteroatoms. The van der Waals surface area contributed by atoms with E-state index in [4.69, 9.17) is 0 Å². The second-order valence-corrected chi connectivity index (χ2v) is 4.67. The van der Waals surface area contributed by atoms with Crippen molar-refractivity contribution < 1.29 is 4.39 Å². The topological polar surface area (TPSA) is 12.0 Å². The Balaban J connectivity index is 1.91. The third kappa shape index (κ3) is 3.70. The van der Waals surface area contributed by atoms with Gasteiger partial charge in [-0.25, -0.2) is 4.39 Å². The minimum absolute atomic E-state index is 0.243. The fraction of sp³-hybridized carbons (Fsp3) is 0.0667. The zero-order valence-electron chi connectivity index (χ0n) is 9.74. The van der Waals surface area contributed by atoms with Crippen LogP contribution in [0, 0.1) is 5.82 Å². The highest BCUT2D eigenvalue weighted by molar-refractivity contribution is 9.10. The fourth-order valence-corrected chi connectivity index (χ4v) is 2.05. The van der Waals surface area contributed by atoms with Gasteiger partial charge in [-0.3, -0.25) is 0 Å². The van der Waals surface area contributed by atoms with Crippen molar-refractivity contribution in [3.8, 4) is 0 Å². The van der Waals surface area contributed by atoms with Gasteiger partial charge in [0.05, 0.1) is 0 Å². The SMILES string of the molecule is Fc1ccc(NCC=Cc2ccccc2)c(Br)c1. The van der Waals surface area contributed by atoms with Crippen molar-refractivity contribution in [2.75, 3.05) is 11.9 Å². The van der Waals surface area contributed by atoms with Crippen LogP contribution in [-0.4, -0.2) is 6.54 Å². The van der Waals surface area contributed by atoms with E-state index in [-0.39, 0.29) is 5.82 Å². The molecule has 0 aliphatic carbocycles. The summed E-state index contributed by atoms with van der Waals surface area (Å²) >= 11 is 3.32. The molecule has 2 rings (SSSR count). The lowest BCUT2D eigenvalue weighted by atomic mass is 10.2. The molecule has 0 aliphatic heterocycles. The molecule has 0 aromatic heterocycles. The average molecular weight is 306 g/mol. The first kappa shape index (κ1) is 12.8. The maximum atomic E-state index is 12.9. The molecule has 0 bridgehead atoms. The molecule has 0 atom stereocenters. The van der Waals surface area contributed by atoms with Gasteiger partial charge in [0.15, 0.2) is 0 Å². The second-order valence-electron chi connectivity index (χ2n) is 3.82. The molecule has 0 fully saturated rings. The third-order valence-electron chi connectivity index (χ3n) is 2.45. The molecule has 18 heavy (non-hydrogen) atoms. The van der Waals surface area contributed by atoms with Gasteiger partial charge in [-0.1, -0.05) is 42.5 Å². The van der Waals surface area contributed by atoms with Crippen molar-refractivity contribution in [3.63, 3.8) is 0 Å². The van der Waals surface area contributed by atoms with E-state index in [1.54, 1.807) is 6.07 Å². The molecule has 0 amide bonds. The molecule has 0 saturated heterocycles. The first-order valence-corrected chi connectivity index (χ1v) is 6.45. The zero-order valence-corrected chi connectivity index (χ0v) is 11.3. The monoisotopic (exact) mass is 305 g/mol. The maximum Gasteiger partial charge on any atom is 0.124 e. The van der Waals surface area contributed by atoms with Gasteiger partial charge in [-0.05, 0) is 39.7 Å². The lowest BCUT2D eigenvalue weighted by molar-refractivity contribution is 0.627. The van der Waals surface area contributed by atoms with Crippen molar-refractivity contribution in [1.29, 1.82) is 0 Å². The van der Waals surface area contributed by atoms with E-state index in [2.05, 4.69) is 21.2 Å². The van der Waals surface area contributed by atoms with E-state index in [0.717, 1.165) is 15.7 Å². The first-order valence-electron chi connectivity index (χ1n) is 5.66. The molecule has 0 spiro atoms. The summed E-state index contributed by atoms with van der Waals surface area (Å²) in [6.07, 6.45) is 4.08. The molecule has 0 heterocycles. The van der Waals surface area contributed by atoms with Gasteiger partial charge >= 0.3 is 0 Å². The van der Waals surface area contributed by atoms with Crippen LogP contribution in [0.15, 0.2) is 59.1 Å². The predicted molar refractivity (Wildman–Crippen MR) is 78.1 cm³/mol. The largest absolute Gasteiger partial charge is 0.381 e. The van der Waals surface area contributed by atoms with E-state index in [9.17, 15) is 4.39 Å². The number of nitrogens with one attached hydrogen (secondary N) is 1. The Morgan fingerprint density at radius 2 is 1.89 bits per heavy atom. The van der Waals surface area contributed by atoms with Crippen molar-refractivity contribution in [3.05, 3.63) is 70.5 Å². The van der Waals surface area contributed by atoms with Crippen molar-refractivity contribution >= 4 is 27.7 Å². The Kier molecular flexibility index (Phi) is 4.53. The van der Waals surface area contributed by atoms with Crippen LogP contribution in [-0.2, 0) is 0 Å². The van der Waals surface area contributed by atoms with E-state index in [1.807, 2.05) is 42.5 Å². The summed E-state index contributed by atoms with van der Waals surface area (Å²) < 4.78 is 13.6. The summed E-state index contributed by atoms with van der Waals surface area (Å²) in [5.74, 6) is -0.243. The molecule has 2 aromatic rings. The van der Waals surface area contributed by atoms with Crippen molar-refractivity contribution in [1.82, 2.24) is 0 Å². The molecular weight excluding hydrogens is 293 g/mol. The van der Waals surface area contributed by atoms with Gasteiger partial charge < -0.3 is 5.32 Å². The van der Waals surface area contributed by atoms with E-state index in [0.29, 0.717) is 6.54 Å². The normalized spacial score (nSPS) is 10.8. The molecule has 0 unspecified atom stereocenters. The number of halogens is 2. The summed E-state index contributed by atoms with van der Waals surface area (Å²) in [4.78, 5) is 0. The minimum atomic E-state index is -0.243. The van der Waals surface area contributed by atoms with Crippen LogP contribution in [0.2, 0.25) is 0 Å². The molecular formula is C15H13BrFN. The van der Waals surface area contributed by atoms with Crippen LogP contribution in [0.3, 0.4) is 0 Å². The Morgan fingerprint density at radius 1 is 1.11 bits per heavy atom. The molecule has 92 valence electrons. The van der Waals surface area contributed by atoms with Gasteiger partial charge in [-0.2, -0.15) is 0 Å². The summed E-state index contributed by atoms with van der Waals surface area (Å²) in [5, 5.41) is 3.21. The number of anilines is 1. The number of hydrogen-bond acceptors (Lipinski definition) is 1. The zero-order chi connectivity index (χ0) is 12.8. The Labute approximate surface area is 114 Å². The Morgan fingerprint density at radius 3 is 2.61 bits per heavy atom. The van der Waals surface area contributed by atoms with Crippen molar-refractivity contribution in [2.45, 2.75) is 0 Å². The van der Waals surface area contributed by atoms with Gasteiger partial charge in [0.1, 0.15) is 5.82 Å². The van der Waals surface area contributed by atoms with Crippen LogP contribution < -0.4 is 5.32 Å². The highest BCUT2D eigenvalue weighted by Gasteiger charge is 1.99. The van der Waals surface area contributed by atoms with Crippen LogP contribution in [0.1, 0.15) is 5.56 Å². The van der Waals surface area contributed by atoms with Gasteiger partial charge in [0.25, 0.3) is 0 Å². The summed E-state index contributed by atoms with van der Waals surface area (Å²) in [6, 6.07) is 14.7. The molecule has 1 N–H and O–H groups in total. The molecule has 0 radical (unpaired) electrons. The fourth-order valence-electron chi connectivity index (χ4n) is 1.56. The predicted octanol–water partition coefficient (Wildman–Crippen LogP) is 4.71. The molecule has 1 nitrogen and oxygen atoms in total. The summed E-state index contributed by atoms with van der Waals surface area (Å²) in [5.41, 5.74) is 2.05. The standard InChI is InChI=1S/C15H13BrFN/c16-14-11-13(17)8-9-15(14)18-10-4-7-12-5-2-1-3-6-12/h1-9,11,18H,10H2. The number of hydrogen-bond donors (Lipinski definition) is 1. The van der Waals surface area contributed by atoms with Crippen LogP contribution in [0.25, 0.3) is 6.08 Å².